The van der Waals surface area contributed by atoms with E-state index in [9.17, 15) is 13.2 Å². The molecule has 0 atom stereocenters. The lowest BCUT2D eigenvalue weighted by atomic mass is 10.1. The van der Waals surface area contributed by atoms with Gasteiger partial charge in [-0.25, -0.2) is 4.68 Å². The van der Waals surface area contributed by atoms with Crippen LogP contribution in [0.4, 0.5) is 18.9 Å². The predicted octanol–water partition coefficient (Wildman–Crippen LogP) is 3.85. The van der Waals surface area contributed by atoms with Gasteiger partial charge in [0.1, 0.15) is 0 Å². The van der Waals surface area contributed by atoms with Crippen LogP contribution in [0, 0.1) is 13.8 Å². The van der Waals surface area contributed by atoms with Crippen LogP contribution < -0.4 is 5.73 Å². The summed E-state index contributed by atoms with van der Waals surface area (Å²) in [5, 5.41) is 4.19. The van der Waals surface area contributed by atoms with Crippen LogP contribution in [0.3, 0.4) is 0 Å². The van der Waals surface area contributed by atoms with Gasteiger partial charge in [0, 0.05) is 5.69 Å². The van der Waals surface area contributed by atoms with Gasteiger partial charge >= 0.3 is 6.18 Å². The second kappa shape index (κ2) is 4.56. The fraction of sp³-hybridized carbons (Fsp3) is 0.250. The number of rotatable bonds is 1. The maximum Gasteiger partial charge on any atom is 0.416 e. The van der Waals surface area contributed by atoms with E-state index in [1.165, 1.54) is 10.7 Å². The normalized spacial score (nSPS) is 11.9. The number of benzene rings is 1. The zero-order valence-electron chi connectivity index (χ0n) is 10.2. The van der Waals surface area contributed by atoms with Crippen LogP contribution in [0.1, 0.15) is 17.0 Å². The van der Waals surface area contributed by atoms with Gasteiger partial charge in [-0.15, -0.1) is 0 Å². The number of halogens is 4. The second-order valence-electron chi connectivity index (χ2n) is 4.21. The molecule has 1 heterocycles. The Morgan fingerprint density at radius 2 is 1.84 bits per heavy atom. The van der Waals surface area contributed by atoms with Crippen LogP contribution in [0.15, 0.2) is 22.7 Å². The molecular formula is C12H11BrF3N3. The molecule has 0 bridgehead atoms. The summed E-state index contributed by atoms with van der Waals surface area (Å²) in [6.07, 6.45) is -4.43. The summed E-state index contributed by atoms with van der Waals surface area (Å²) in [7, 11) is 0. The molecule has 2 rings (SSSR count). The number of nitrogen functional groups attached to an aromatic ring is 1. The lowest BCUT2D eigenvalue weighted by Crippen LogP contribution is -2.08. The molecule has 3 nitrogen and oxygen atoms in total. The van der Waals surface area contributed by atoms with Crippen molar-refractivity contribution in [3.63, 3.8) is 0 Å². The van der Waals surface area contributed by atoms with Crippen molar-refractivity contribution in [3.05, 3.63) is 39.6 Å². The average molecular weight is 334 g/mol. The molecule has 0 radical (unpaired) electrons. The number of nitrogens with zero attached hydrogens (tertiary/aromatic N) is 2. The smallest absolute Gasteiger partial charge is 0.399 e. The number of aromatic nitrogens is 2. The molecule has 2 aromatic rings. The fourth-order valence-corrected chi connectivity index (χ4v) is 2.04. The van der Waals surface area contributed by atoms with Crippen LogP contribution in [0.2, 0.25) is 0 Å². The van der Waals surface area contributed by atoms with Crippen molar-refractivity contribution < 1.29 is 13.2 Å². The maximum absolute atomic E-state index is 12.8. The van der Waals surface area contributed by atoms with E-state index >= 15 is 0 Å². The van der Waals surface area contributed by atoms with Crippen molar-refractivity contribution in [3.8, 4) is 5.69 Å². The second-order valence-corrected chi connectivity index (χ2v) is 5.00. The molecule has 0 amide bonds. The Hall–Kier alpha value is -1.50. The Labute approximate surface area is 116 Å². The molecule has 0 fully saturated rings. The van der Waals surface area contributed by atoms with E-state index in [1.54, 1.807) is 13.8 Å². The van der Waals surface area contributed by atoms with Gasteiger partial charge in [-0.1, -0.05) is 0 Å². The summed E-state index contributed by atoms with van der Waals surface area (Å²) in [6.45, 7) is 3.53. The van der Waals surface area contributed by atoms with Crippen LogP contribution in [0.25, 0.3) is 5.69 Å². The highest BCUT2D eigenvalue weighted by Gasteiger charge is 2.31. The van der Waals surface area contributed by atoms with Crippen molar-refractivity contribution in [2.24, 2.45) is 0 Å². The zero-order chi connectivity index (χ0) is 14.4. The third-order valence-electron chi connectivity index (χ3n) is 2.72. The van der Waals surface area contributed by atoms with E-state index in [2.05, 4.69) is 21.0 Å². The number of aryl methyl sites for hydroxylation is 1. The molecule has 19 heavy (non-hydrogen) atoms. The van der Waals surface area contributed by atoms with Crippen LogP contribution >= 0.6 is 15.9 Å². The maximum atomic E-state index is 12.8. The van der Waals surface area contributed by atoms with Gasteiger partial charge in [0.25, 0.3) is 0 Å². The highest BCUT2D eigenvalue weighted by Crippen LogP contribution is 2.33. The summed E-state index contributed by atoms with van der Waals surface area (Å²) >= 11 is 3.34. The van der Waals surface area contributed by atoms with Gasteiger partial charge < -0.3 is 5.73 Å². The molecule has 7 heteroatoms. The molecular weight excluding hydrogens is 323 g/mol. The Morgan fingerprint density at radius 3 is 2.32 bits per heavy atom. The van der Waals surface area contributed by atoms with Crippen molar-refractivity contribution in [1.82, 2.24) is 9.78 Å². The van der Waals surface area contributed by atoms with Crippen molar-refractivity contribution in [1.29, 1.82) is 0 Å². The van der Waals surface area contributed by atoms with E-state index in [-0.39, 0.29) is 5.69 Å². The molecule has 0 saturated carbocycles. The first-order valence-electron chi connectivity index (χ1n) is 5.40. The third kappa shape index (κ3) is 2.60. The summed E-state index contributed by atoms with van der Waals surface area (Å²) in [6, 6.07) is 3.40. The highest BCUT2D eigenvalue weighted by molar-refractivity contribution is 9.10. The number of anilines is 1. The molecule has 2 N–H and O–H groups in total. The Kier molecular flexibility index (Phi) is 3.34. The lowest BCUT2D eigenvalue weighted by Gasteiger charge is -2.11. The number of hydrogen-bond acceptors (Lipinski definition) is 2. The topological polar surface area (TPSA) is 43.8 Å². The van der Waals surface area contributed by atoms with Crippen LogP contribution in [0.5, 0.6) is 0 Å². The van der Waals surface area contributed by atoms with Crippen molar-refractivity contribution in [2.75, 3.05) is 5.73 Å². The van der Waals surface area contributed by atoms with Crippen LogP contribution in [-0.4, -0.2) is 9.78 Å². The minimum absolute atomic E-state index is 0.0495. The standard InChI is InChI=1S/C12H11BrF3N3/c1-6-11(13)7(2)19(18-6)10-4-8(12(14,15)16)3-9(17)5-10/h3-5H,17H2,1-2H3. The van der Waals surface area contributed by atoms with Gasteiger partial charge in [0.15, 0.2) is 0 Å². The Bertz CT molecular complexity index is 632. The van der Waals surface area contributed by atoms with Gasteiger partial charge in [0.05, 0.1) is 27.1 Å². The third-order valence-corrected chi connectivity index (χ3v) is 3.86. The first-order chi connectivity index (χ1) is 8.70. The minimum atomic E-state index is -4.43. The quantitative estimate of drug-likeness (QED) is 0.805. The molecule has 1 aromatic heterocycles. The van der Waals surface area contributed by atoms with Crippen LogP contribution in [-0.2, 0) is 6.18 Å². The van der Waals surface area contributed by atoms with Gasteiger partial charge in [0.2, 0.25) is 0 Å². The first kappa shape index (κ1) is 13.9. The largest absolute Gasteiger partial charge is 0.416 e. The minimum Gasteiger partial charge on any atom is -0.399 e. The molecule has 0 aliphatic rings. The molecule has 0 aliphatic carbocycles. The van der Waals surface area contributed by atoms with E-state index in [0.29, 0.717) is 11.4 Å². The molecule has 0 spiro atoms. The SMILES string of the molecule is Cc1nn(-c2cc(N)cc(C(F)(F)F)c2)c(C)c1Br. The summed E-state index contributed by atoms with van der Waals surface area (Å²) in [5.41, 5.74) is 6.51. The molecule has 0 aliphatic heterocycles. The lowest BCUT2D eigenvalue weighted by molar-refractivity contribution is -0.137. The Balaban J connectivity index is 2.63. The van der Waals surface area contributed by atoms with Crippen molar-refractivity contribution in [2.45, 2.75) is 20.0 Å². The van der Waals surface area contributed by atoms with Gasteiger partial charge in [-0.3, -0.25) is 0 Å². The average Bonchev–Trinajstić information content (AvgIpc) is 2.55. The molecule has 0 unspecified atom stereocenters. The molecule has 0 saturated heterocycles. The summed E-state index contributed by atoms with van der Waals surface area (Å²) in [5.74, 6) is 0. The fourth-order valence-electron chi connectivity index (χ4n) is 1.80. The zero-order valence-corrected chi connectivity index (χ0v) is 11.8. The van der Waals surface area contributed by atoms with E-state index in [4.69, 9.17) is 5.73 Å². The molecule has 102 valence electrons. The van der Waals surface area contributed by atoms with Crippen molar-refractivity contribution >= 4 is 21.6 Å². The summed E-state index contributed by atoms with van der Waals surface area (Å²) < 4.78 is 40.5. The van der Waals surface area contributed by atoms with E-state index < -0.39 is 11.7 Å². The Morgan fingerprint density at radius 1 is 1.21 bits per heavy atom. The first-order valence-corrected chi connectivity index (χ1v) is 6.19. The number of hydrogen-bond donors (Lipinski definition) is 1. The number of nitrogens with two attached hydrogens (primary N) is 1. The van der Waals surface area contributed by atoms with Gasteiger partial charge in [-0.2, -0.15) is 18.3 Å². The van der Waals surface area contributed by atoms with Gasteiger partial charge in [-0.05, 0) is 48.0 Å². The van der Waals surface area contributed by atoms with E-state index in [0.717, 1.165) is 22.3 Å². The highest BCUT2D eigenvalue weighted by atomic mass is 79.9. The molecule has 1 aromatic carbocycles. The number of alkyl halides is 3. The predicted molar refractivity (Wildman–Crippen MR) is 70.2 cm³/mol. The summed E-state index contributed by atoms with van der Waals surface area (Å²) in [4.78, 5) is 0. The van der Waals surface area contributed by atoms with E-state index in [1.807, 2.05) is 0 Å². The monoisotopic (exact) mass is 333 g/mol.